The summed E-state index contributed by atoms with van der Waals surface area (Å²) >= 11 is 0. The first-order valence-electron chi connectivity index (χ1n) is 11.8. The predicted molar refractivity (Wildman–Crippen MR) is 87.3 cm³/mol. The maximum atomic E-state index is 13.1. The topological polar surface area (TPSA) is 46.4 Å². The summed E-state index contributed by atoms with van der Waals surface area (Å²) in [7, 11) is 0. The molecule has 0 spiro atoms. The number of aryl methyl sites for hydroxylation is 2. The molecule has 2 heterocycles. The molecule has 1 amide bonds. The highest BCUT2D eigenvalue weighted by Crippen LogP contribution is 2.29. The van der Waals surface area contributed by atoms with Gasteiger partial charge in [-0.1, -0.05) is 18.2 Å². The van der Waals surface area contributed by atoms with Gasteiger partial charge in [0.15, 0.2) is 0 Å². The Labute approximate surface area is 156 Å². The number of fused-ring (bicyclic) bond motifs is 1. The maximum absolute atomic E-state index is 13.1. The zero-order valence-corrected chi connectivity index (χ0v) is 12.3. The Hall–Kier alpha value is -2.83. The van der Waals surface area contributed by atoms with Gasteiger partial charge in [0, 0.05) is 20.9 Å². The number of hydrogen-bond acceptors (Lipinski definition) is 2. The number of nitrogens with one attached hydrogen (secondary N) is 1. The molecule has 130 valence electrons. The lowest BCUT2D eigenvalue weighted by molar-refractivity contribution is -0.137. The second kappa shape index (κ2) is 6.23. The molecular weight excluding hydrogens is 331 g/mol. The molecule has 0 aliphatic heterocycles. The van der Waals surface area contributed by atoms with Crippen molar-refractivity contribution < 1.29 is 31.7 Å². The molecule has 0 saturated heterocycles. The van der Waals surface area contributed by atoms with Gasteiger partial charge in [-0.25, -0.2) is 4.98 Å². The molecule has 0 bridgehead atoms. The lowest BCUT2D eigenvalue weighted by Gasteiger charge is -2.09. The highest BCUT2D eigenvalue weighted by Gasteiger charge is 2.29. The van der Waals surface area contributed by atoms with E-state index in [2.05, 4.69) is 4.98 Å². The Morgan fingerprint density at radius 3 is 2.72 bits per heavy atom. The standard InChI is InChI=1S/C18H16F3N3O/c1-11-3-8-15-23-12(2)16(24(15)10-11)17(25)22-9-13-4-6-14(7-5-13)18(19,20)21/h3-8,10H,9H2,1-2H3,(H,22,25)/i1D3,2D3,3D,8D,9D2. The first-order chi connectivity index (χ1) is 15.7. The van der Waals surface area contributed by atoms with Crippen LogP contribution in [-0.4, -0.2) is 15.3 Å². The van der Waals surface area contributed by atoms with E-state index in [1.54, 1.807) is 0 Å². The van der Waals surface area contributed by atoms with Gasteiger partial charge in [-0.2, -0.15) is 13.2 Å². The van der Waals surface area contributed by atoms with E-state index in [0.717, 1.165) is 18.3 Å². The Kier molecular flexibility index (Phi) is 2.12. The molecule has 7 heteroatoms. The highest BCUT2D eigenvalue weighted by molar-refractivity contribution is 5.94. The molecule has 1 aromatic carbocycles. The summed E-state index contributed by atoms with van der Waals surface area (Å²) in [6.07, 6.45) is -3.92. The van der Waals surface area contributed by atoms with Crippen LogP contribution in [0.3, 0.4) is 0 Å². The molecule has 0 aliphatic rings. The predicted octanol–water partition coefficient (Wildman–Crippen LogP) is 3.90. The highest BCUT2D eigenvalue weighted by atomic mass is 19.4. The summed E-state index contributed by atoms with van der Waals surface area (Å²) in [5.41, 5.74) is -4.33. The number of benzene rings is 1. The molecule has 3 aromatic rings. The summed E-state index contributed by atoms with van der Waals surface area (Å²) in [5.74, 6) is -1.39. The van der Waals surface area contributed by atoms with Gasteiger partial charge >= 0.3 is 6.18 Å². The third-order valence-electron chi connectivity index (χ3n) is 3.23. The number of imidazole rings is 1. The number of amides is 1. The monoisotopic (exact) mass is 357 g/mol. The van der Waals surface area contributed by atoms with E-state index in [1.807, 2.05) is 5.32 Å². The number of carbonyl (C=O) groups is 1. The van der Waals surface area contributed by atoms with Crippen LogP contribution in [0.5, 0.6) is 0 Å². The second-order valence-electron chi connectivity index (χ2n) is 4.95. The number of aromatic nitrogens is 2. The van der Waals surface area contributed by atoms with Crippen LogP contribution < -0.4 is 5.32 Å². The number of pyridine rings is 1. The molecule has 0 radical (unpaired) electrons. The Bertz CT molecular complexity index is 1300. The lowest BCUT2D eigenvalue weighted by Crippen LogP contribution is -2.25. The molecule has 0 atom stereocenters. The van der Waals surface area contributed by atoms with Crippen LogP contribution in [0.2, 0.25) is 0 Å². The van der Waals surface area contributed by atoms with Gasteiger partial charge in [0.25, 0.3) is 5.91 Å². The van der Waals surface area contributed by atoms with Crippen LogP contribution in [0, 0.1) is 13.7 Å². The largest absolute Gasteiger partial charge is 0.416 e. The molecule has 1 N–H and O–H groups in total. The first-order valence-corrected chi connectivity index (χ1v) is 6.78. The SMILES string of the molecule is [2H]c1c(C([2H])([2H])[2H])cn2c(C(=O)NC([2H])([2H])c3ccc(C(F)(F)F)cc3)c(C([2H])([2H])[2H])nc2c1[2H]. The van der Waals surface area contributed by atoms with E-state index in [9.17, 15) is 18.0 Å². The average Bonchev–Trinajstić information content (AvgIpc) is 3.09. The summed E-state index contributed by atoms with van der Waals surface area (Å²) in [6.45, 7) is -8.76. The smallest absolute Gasteiger partial charge is 0.347 e. The Balaban J connectivity index is 2.15. The number of nitrogens with zero attached hydrogens (tertiary/aromatic N) is 2. The minimum absolute atomic E-state index is 0.388. The fourth-order valence-corrected chi connectivity index (χ4v) is 2.08. The molecule has 2 aromatic heterocycles. The van der Waals surface area contributed by atoms with Gasteiger partial charge in [-0.05, 0) is 43.0 Å². The van der Waals surface area contributed by atoms with Crippen molar-refractivity contribution in [2.24, 2.45) is 0 Å². The fraction of sp³-hybridized carbons (Fsp3) is 0.222. The van der Waals surface area contributed by atoms with Crippen molar-refractivity contribution >= 4 is 11.6 Å². The average molecular weight is 357 g/mol. The number of halogens is 3. The molecule has 0 aliphatic carbocycles. The van der Waals surface area contributed by atoms with Crippen LogP contribution in [0.1, 0.15) is 46.6 Å². The second-order valence-corrected chi connectivity index (χ2v) is 4.95. The molecule has 25 heavy (non-hydrogen) atoms. The van der Waals surface area contributed by atoms with Crippen LogP contribution in [-0.2, 0) is 12.7 Å². The van der Waals surface area contributed by atoms with Crippen molar-refractivity contribution in [3.8, 4) is 0 Å². The third-order valence-corrected chi connectivity index (χ3v) is 3.23. The molecule has 0 saturated carbocycles. The van der Waals surface area contributed by atoms with Crippen molar-refractivity contribution in [3.05, 3.63) is 70.6 Å². The third kappa shape index (κ3) is 3.50. The minimum Gasteiger partial charge on any atom is -0.347 e. The van der Waals surface area contributed by atoms with E-state index in [1.165, 1.54) is 0 Å². The van der Waals surface area contributed by atoms with Gasteiger partial charge in [-0.3, -0.25) is 9.20 Å². The number of carbonyl (C=O) groups excluding carboxylic acids is 1. The molecule has 0 unspecified atom stereocenters. The van der Waals surface area contributed by atoms with Crippen molar-refractivity contribution in [1.82, 2.24) is 14.7 Å². The normalized spacial score (nSPS) is 19.2. The molecule has 0 fully saturated rings. The van der Waals surface area contributed by atoms with Gasteiger partial charge in [-0.15, -0.1) is 0 Å². The summed E-state index contributed by atoms with van der Waals surface area (Å²) in [6, 6.07) is 1.27. The van der Waals surface area contributed by atoms with Gasteiger partial charge < -0.3 is 5.32 Å². The Morgan fingerprint density at radius 2 is 2.08 bits per heavy atom. The number of alkyl halides is 3. The Morgan fingerprint density at radius 1 is 1.32 bits per heavy atom. The van der Waals surface area contributed by atoms with Gasteiger partial charge in [0.2, 0.25) is 0 Å². The summed E-state index contributed by atoms with van der Waals surface area (Å²) < 4.78 is 117. The van der Waals surface area contributed by atoms with Gasteiger partial charge in [0.05, 0.1) is 16.7 Å². The van der Waals surface area contributed by atoms with E-state index in [4.69, 9.17) is 13.7 Å². The zero-order chi connectivity index (χ0) is 26.7. The quantitative estimate of drug-likeness (QED) is 0.773. The molecule has 3 rings (SSSR count). The van der Waals surface area contributed by atoms with Crippen LogP contribution in [0.15, 0.2) is 42.5 Å². The molecular formula is C18H16F3N3O. The van der Waals surface area contributed by atoms with Crippen LogP contribution >= 0.6 is 0 Å². The summed E-state index contributed by atoms with van der Waals surface area (Å²) in [4.78, 5) is 16.8. The van der Waals surface area contributed by atoms with Crippen LogP contribution in [0.25, 0.3) is 5.65 Å². The van der Waals surface area contributed by atoms with E-state index in [0.29, 0.717) is 16.5 Å². The first kappa shape index (κ1) is 8.51. The zero-order valence-electron chi connectivity index (χ0n) is 22.3. The summed E-state index contributed by atoms with van der Waals surface area (Å²) in [5, 5.41) is 1.88. The fourth-order valence-electron chi connectivity index (χ4n) is 2.08. The van der Waals surface area contributed by atoms with Crippen molar-refractivity contribution in [2.75, 3.05) is 0 Å². The van der Waals surface area contributed by atoms with Crippen molar-refractivity contribution in [3.63, 3.8) is 0 Å². The van der Waals surface area contributed by atoms with E-state index in [-0.39, 0.29) is 5.56 Å². The van der Waals surface area contributed by atoms with Gasteiger partial charge in [0.1, 0.15) is 11.3 Å². The van der Waals surface area contributed by atoms with E-state index >= 15 is 0 Å². The van der Waals surface area contributed by atoms with E-state index < -0.39 is 72.5 Å². The van der Waals surface area contributed by atoms with Crippen LogP contribution in [0.4, 0.5) is 13.2 Å². The number of hydrogen-bond donors (Lipinski definition) is 1. The van der Waals surface area contributed by atoms with Crippen molar-refractivity contribution in [1.29, 1.82) is 0 Å². The number of rotatable bonds is 3. The minimum atomic E-state index is -4.68. The molecule has 4 nitrogen and oxygen atoms in total. The van der Waals surface area contributed by atoms with Crippen molar-refractivity contribution in [2.45, 2.75) is 26.4 Å². The maximum Gasteiger partial charge on any atom is 0.416 e. The lowest BCUT2D eigenvalue weighted by atomic mass is 10.1.